The molecule has 21 unspecified atom stereocenters. The third-order valence-electron chi connectivity index (χ3n) is 8.95. The van der Waals surface area contributed by atoms with Crippen LogP contribution in [0, 0.1) is 0 Å². The van der Waals surface area contributed by atoms with Gasteiger partial charge in [-0.15, -0.1) is 0 Å². The Balaban J connectivity index is 0. The van der Waals surface area contributed by atoms with Crippen molar-refractivity contribution in [2.45, 2.75) is 183 Å². The van der Waals surface area contributed by atoms with E-state index in [2.05, 4.69) is 26.2 Å². The van der Waals surface area contributed by atoms with Crippen LogP contribution in [-0.2, 0) is 94.6 Å². The summed E-state index contributed by atoms with van der Waals surface area (Å²) in [4.78, 5) is 0. The van der Waals surface area contributed by atoms with Crippen molar-refractivity contribution in [1.29, 1.82) is 0 Å². The van der Waals surface area contributed by atoms with Crippen LogP contribution in [-0.4, -0.2) is 220 Å². The minimum Gasteiger partial charge on any atom is -0.439 e. The first kappa shape index (κ1) is 82.3. The monoisotopic (exact) mass is 1770 g/mol. The zero-order valence-corrected chi connectivity index (χ0v) is 85.5. The number of hydrogen-bond donors (Lipinski definition) is 0. The van der Waals surface area contributed by atoms with Crippen LogP contribution in [0.25, 0.3) is 0 Å². The van der Waals surface area contributed by atoms with Gasteiger partial charge in [-0.25, -0.2) is 4.11 Å². The van der Waals surface area contributed by atoms with Crippen LogP contribution < -0.4 is 0 Å². The first-order valence-electron chi connectivity index (χ1n) is 26.4. The second-order valence-electron chi connectivity index (χ2n) is 19.9. The first-order valence-corrected chi connectivity index (χ1v) is 79.2. The fraction of sp³-hybridized carbons (Fsp3) is 1.00. The van der Waals surface area contributed by atoms with Crippen molar-refractivity contribution in [2.75, 3.05) is 0 Å². The molecule has 21 atom stereocenters. The first-order chi connectivity index (χ1) is 34.7. The molecule has 0 heterocycles. The molecular formula is C28H104FO23RfSi24. The van der Waals surface area contributed by atoms with E-state index in [1.807, 2.05) is 144 Å². The van der Waals surface area contributed by atoms with Crippen molar-refractivity contribution < 1.29 is 98.8 Å². The van der Waals surface area contributed by atoms with Gasteiger partial charge in [0.25, 0.3) is 186 Å². The standard InChI is InChI=1S/C28H104FO23Si24.Rf/c1-53(30-54(2)32-56(4)34-58(6)36-60(8)38-62(10)40-64(12)42-66(14)44-68(16)46-70(18)48-72(20)50-74(22,23)24)31-55(3)33-57(5)35-59(7)37-61(9)39-63(11)41-65(13)43-67(15)45-69(17)47-71(19)49-73(21)51-76(28,29)52-75(25,26)27;/h53-72H,1-28H3;. The van der Waals surface area contributed by atoms with Gasteiger partial charge in [0, 0.05) is 6.55 Å². The van der Waals surface area contributed by atoms with E-state index in [9.17, 15) is 4.11 Å². The average molecular weight is 1770 g/mol. The Hall–Kier alpha value is 3.22. The van der Waals surface area contributed by atoms with Crippen molar-refractivity contribution >= 4 is 220 Å². The van der Waals surface area contributed by atoms with Crippen molar-refractivity contribution in [1.82, 2.24) is 0 Å². The van der Waals surface area contributed by atoms with Crippen LogP contribution in [0.1, 0.15) is 0 Å². The molecule has 0 aromatic carbocycles. The molecule has 0 aliphatic carbocycles. The molecular weight excluding hydrogens is 1660 g/mol. The summed E-state index contributed by atoms with van der Waals surface area (Å²) in [5, 5.41) is 0. The van der Waals surface area contributed by atoms with Crippen LogP contribution in [0.15, 0.2) is 0 Å². The van der Waals surface area contributed by atoms with Gasteiger partial charge in [0.15, 0.2) is 16.6 Å². The summed E-state index contributed by atoms with van der Waals surface area (Å²) in [6.45, 7) is 55.5. The van der Waals surface area contributed by atoms with Gasteiger partial charge < -0.3 is 94.6 Å². The molecule has 77 heavy (non-hydrogen) atoms. The molecule has 0 spiro atoms. The molecule has 23 nitrogen and oxygen atoms in total. The summed E-state index contributed by atoms with van der Waals surface area (Å²) in [5.41, 5.74) is 0. The number of hydrogen-bond acceptors (Lipinski definition) is 23. The smallest absolute Gasteiger partial charge is 0.439 e. The maximum atomic E-state index is 14.9. The molecule has 49 heteroatoms. The molecule has 0 bridgehead atoms. The maximum Gasteiger partial charge on any atom is 0.517 e. The van der Waals surface area contributed by atoms with E-state index >= 15 is 0 Å². The molecule has 0 rings (SSSR count). The quantitative estimate of drug-likeness (QED) is 0.0607. The van der Waals surface area contributed by atoms with E-state index < -0.39 is 220 Å². The fourth-order valence-electron chi connectivity index (χ4n) is 7.34. The summed E-state index contributed by atoms with van der Waals surface area (Å²) in [6.07, 6.45) is 0. The van der Waals surface area contributed by atoms with Gasteiger partial charge in [0.2, 0.25) is 0 Å². The Morgan fingerprint density at radius 2 is 0.416 bits per heavy atom. The van der Waals surface area contributed by atoms with Crippen LogP contribution >= 0.6 is 0 Å². The summed E-state index contributed by atoms with van der Waals surface area (Å²) < 4.78 is 157. The zero-order chi connectivity index (χ0) is 58.9. The van der Waals surface area contributed by atoms with E-state index in [-0.39, 0.29) is 0 Å². The third-order valence-corrected chi connectivity index (χ3v) is 80.5. The molecule has 0 aliphatic rings. The van der Waals surface area contributed by atoms with E-state index in [0.29, 0.717) is 0 Å². The van der Waals surface area contributed by atoms with E-state index in [0.717, 1.165) is 0 Å². The number of rotatable bonds is 46. The molecule has 0 N–H and O–H groups in total. The zero-order valence-electron chi connectivity index (χ0n) is 52.0. The van der Waals surface area contributed by atoms with E-state index in [1.165, 1.54) is 6.55 Å². The Morgan fingerprint density at radius 1 is 0.260 bits per heavy atom. The van der Waals surface area contributed by atoms with Gasteiger partial charge in [-0.2, -0.15) is 0 Å². The normalized spacial score (nSPS) is 21.6. The predicted octanol–water partition coefficient (Wildman–Crippen LogP) is 0.700. The molecule has 459 valence electrons. The van der Waals surface area contributed by atoms with Crippen LogP contribution in [0.4, 0.5) is 4.11 Å². The summed E-state index contributed by atoms with van der Waals surface area (Å²) in [5.74, 6) is 0. The summed E-state index contributed by atoms with van der Waals surface area (Å²) in [7, 11) is -49.0. The van der Waals surface area contributed by atoms with Gasteiger partial charge in [0.1, 0.15) is 0 Å². The summed E-state index contributed by atoms with van der Waals surface area (Å²) >= 11 is 0. The van der Waals surface area contributed by atoms with E-state index in [1.54, 1.807) is 6.55 Å². The minimum absolute atomic E-state index is 0. The summed E-state index contributed by atoms with van der Waals surface area (Å²) in [6, 6.07) is 0. The molecule has 1 radical (unpaired) electrons. The Kier molecular flexibility index (Phi) is 45.0. The fourth-order valence-corrected chi connectivity index (χ4v) is 78.3. The molecule has 0 aromatic rings. The maximum absolute atomic E-state index is 14.9. The number of halogens is 1. The Bertz CT molecular complexity index is 1500. The van der Waals surface area contributed by atoms with Crippen LogP contribution in [0.3, 0.4) is 0 Å². The molecule has 0 aromatic heterocycles. The van der Waals surface area contributed by atoms with Crippen LogP contribution in [0.2, 0.25) is 183 Å². The molecule has 0 fully saturated rings. The van der Waals surface area contributed by atoms with Crippen molar-refractivity contribution in [3.05, 3.63) is 0 Å². The Labute approximate surface area is 498 Å². The second kappa shape index (κ2) is 42.2. The van der Waals surface area contributed by atoms with Gasteiger partial charge in [-0.05, 0) is 177 Å². The van der Waals surface area contributed by atoms with Gasteiger partial charge in [0.05, 0.1) is 0 Å². The predicted molar refractivity (Wildman–Crippen MR) is 356 cm³/mol. The largest absolute Gasteiger partial charge is 0.517 e. The van der Waals surface area contributed by atoms with Crippen molar-refractivity contribution in [3.8, 4) is 0 Å². The average Bonchev–Trinajstić information content (AvgIpc) is 3.13. The van der Waals surface area contributed by atoms with Gasteiger partial charge in [-0.3, -0.25) is 0 Å². The van der Waals surface area contributed by atoms with Crippen molar-refractivity contribution in [3.63, 3.8) is 0 Å². The second-order valence-corrected chi connectivity index (χ2v) is 77.9. The van der Waals surface area contributed by atoms with Crippen LogP contribution in [0.5, 0.6) is 0 Å². The van der Waals surface area contributed by atoms with Crippen molar-refractivity contribution in [2.24, 2.45) is 0 Å². The molecule has 0 amide bonds. The minimum atomic E-state index is -3.76. The topological polar surface area (TPSA) is 212 Å². The molecule has 0 aliphatic heterocycles. The van der Waals surface area contributed by atoms with Gasteiger partial charge >= 0.3 is 18.2 Å². The SMILES string of the molecule is C[Si](O[SiH](C)O[SiH](C)O[SiH](C)O[SiH](C)O[SiH](C)O[SiH](C)O[SiH](C)O[SiH](C)O[SiH](C)O[SiH](C)O[SiH](C)O[SiH](C)O[SiH](C)O[SiH](C)O[SiH](C)O[SiH](C)O[SiH](C)O[SiH](C)O[SiH](C)O[SiH](C)O[Si](C)(C)C)O[Si](C)(F)O[Si](C)(C)C.[Rf]. The molecule has 0 saturated carbocycles. The molecule has 0 saturated heterocycles. The van der Waals surface area contributed by atoms with E-state index in [4.69, 9.17) is 94.6 Å². The van der Waals surface area contributed by atoms with Gasteiger partial charge in [-0.1, -0.05) is 0 Å². The Morgan fingerprint density at radius 3 is 0.571 bits per heavy atom. The third kappa shape index (κ3) is 48.0.